The van der Waals surface area contributed by atoms with Gasteiger partial charge in [0.05, 0.1) is 11.2 Å². The van der Waals surface area contributed by atoms with Crippen LogP contribution in [0, 0.1) is 0 Å². The van der Waals surface area contributed by atoms with Crippen LogP contribution in [0.5, 0.6) is 0 Å². The third-order valence-electron chi connectivity index (χ3n) is 1.95. The molecule has 0 atom stereocenters. The van der Waals surface area contributed by atoms with Crippen LogP contribution in [-0.2, 0) is 11.8 Å². The zero-order chi connectivity index (χ0) is 10.1. The van der Waals surface area contributed by atoms with E-state index in [0.717, 1.165) is 0 Å². The molecule has 1 aromatic heterocycles. The molecule has 1 aromatic carbocycles. The first-order valence-electron chi connectivity index (χ1n) is 3.90. The molecular weight excluding hydrogens is 184 g/mol. The topological polar surface area (TPSA) is 64.6 Å². The standard InChI is InChI=1S/C9H6N2O3/c1-11-7-3-2-6(10-5-12)4-8(7)14-9(11)13/h2-4H,1H3. The molecule has 5 heteroatoms. The molecule has 0 N–H and O–H groups in total. The fourth-order valence-corrected chi connectivity index (χ4v) is 1.24. The third-order valence-corrected chi connectivity index (χ3v) is 1.95. The Morgan fingerprint density at radius 3 is 3.00 bits per heavy atom. The highest BCUT2D eigenvalue weighted by molar-refractivity contribution is 5.77. The van der Waals surface area contributed by atoms with Crippen molar-refractivity contribution in [2.45, 2.75) is 0 Å². The molecule has 0 fully saturated rings. The summed E-state index contributed by atoms with van der Waals surface area (Å²) in [5.41, 5.74) is 1.50. The Labute approximate surface area is 78.3 Å². The van der Waals surface area contributed by atoms with Gasteiger partial charge in [0.25, 0.3) is 0 Å². The number of aromatic nitrogens is 1. The van der Waals surface area contributed by atoms with E-state index in [-0.39, 0.29) is 0 Å². The van der Waals surface area contributed by atoms with Crippen LogP contribution < -0.4 is 5.76 Å². The summed E-state index contributed by atoms with van der Waals surface area (Å²) in [6.45, 7) is 0. The molecule has 70 valence electrons. The summed E-state index contributed by atoms with van der Waals surface area (Å²) in [6, 6.07) is 4.79. The number of isocyanates is 1. The molecule has 0 aliphatic heterocycles. The van der Waals surface area contributed by atoms with Crippen LogP contribution in [-0.4, -0.2) is 10.6 Å². The molecule has 0 amide bonds. The van der Waals surface area contributed by atoms with E-state index in [4.69, 9.17) is 4.42 Å². The highest BCUT2D eigenvalue weighted by atomic mass is 16.4. The van der Waals surface area contributed by atoms with Gasteiger partial charge in [0.15, 0.2) is 5.58 Å². The first kappa shape index (κ1) is 8.47. The number of aliphatic imine (C=N–C) groups is 1. The van der Waals surface area contributed by atoms with E-state index in [9.17, 15) is 9.59 Å². The van der Waals surface area contributed by atoms with E-state index in [2.05, 4.69) is 4.99 Å². The summed E-state index contributed by atoms with van der Waals surface area (Å²) in [5, 5.41) is 0. The van der Waals surface area contributed by atoms with Gasteiger partial charge in [-0.1, -0.05) is 0 Å². The molecule has 1 heterocycles. The van der Waals surface area contributed by atoms with Crippen molar-refractivity contribution in [1.82, 2.24) is 4.57 Å². The van der Waals surface area contributed by atoms with Gasteiger partial charge in [-0.2, -0.15) is 4.99 Å². The third kappa shape index (κ3) is 1.16. The van der Waals surface area contributed by atoms with Crippen molar-refractivity contribution in [1.29, 1.82) is 0 Å². The van der Waals surface area contributed by atoms with Gasteiger partial charge >= 0.3 is 5.76 Å². The van der Waals surface area contributed by atoms with Gasteiger partial charge < -0.3 is 4.42 Å². The van der Waals surface area contributed by atoms with Crippen LogP contribution in [0.3, 0.4) is 0 Å². The largest absolute Gasteiger partial charge is 0.419 e. The van der Waals surface area contributed by atoms with Crippen LogP contribution in [0.2, 0.25) is 0 Å². The quantitative estimate of drug-likeness (QED) is 0.499. The number of aryl methyl sites for hydroxylation is 1. The number of rotatable bonds is 1. The zero-order valence-electron chi connectivity index (χ0n) is 7.35. The predicted octanol–water partition coefficient (Wildman–Crippen LogP) is 1.10. The van der Waals surface area contributed by atoms with Crippen molar-refractivity contribution in [2.24, 2.45) is 12.0 Å². The number of benzene rings is 1. The van der Waals surface area contributed by atoms with Crippen LogP contribution in [0.15, 0.2) is 32.4 Å². The summed E-state index contributed by atoms with van der Waals surface area (Å²) in [4.78, 5) is 24.5. The monoisotopic (exact) mass is 190 g/mol. The maximum atomic E-state index is 11.1. The molecule has 0 radical (unpaired) electrons. The van der Waals surface area contributed by atoms with Crippen LogP contribution in [0.25, 0.3) is 11.1 Å². The molecule has 0 saturated carbocycles. The van der Waals surface area contributed by atoms with Gasteiger partial charge in [-0.25, -0.2) is 9.59 Å². The summed E-state index contributed by atoms with van der Waals surface area (Å²) < 4.78 is 6.28. The molecule has 2 rings (SSSR count). The van der Waals surface area contributed by atoms with Gasteiger partial charge in [-0.05, 0) is 12.1 Å². The Kier molecular flexibility index (Phi) is 1.80. The average molecular weight is 190 g/mol. The van der Waals surface area contributed by atoms with Crippen LogP contribution >= 0.6 is 0 Å². The van der Waals surface area contributed by atoms with E-state index < -0.39 is 5.76 Å². The highest BCUT2D eigenvalue weighted by Gasteiger charge is 2.05. The lowest BCUT2D eigenvalue weighted by Gasteiger charge is -1.91. The Hall–Kier alpha value is -2.13. The van der Waals surface area contributed by atoms with E-state index >= 15 is 0 Å². The van der Waals surface area contributed by atoms with E-state index in [1.807, 2.05) is 0 Å². The van der Waals surface area contributed by atoms with Crippen molar-refractivity contribution < 1.29 is 9.21 Å². The number of carbonyl (C=O) groups excluding carboxylic acids is 1. The summed E-state index contributed by atoms with van der Waals surface area (Å²) in [7, 11) is 1.61. The van der Waals surface area contributed by atoms with Gasteiger partial charge in [0.1, 0.15) is 0 Å². The van der Waals surface area contributed by atoms with Crippen LogP contribution in [0.1, 0.15) is 0 Å². The van der Waals surface area contributed by atoms with Crippen molar-refractivity contribution in [2.75, 3.05) is 0 Å². The normalized spacial score (nSPS) is 10.1. The first-order chi connectivity index (χ1) is 6.72. The van der Waals surface area contributed by atoms with Crippen LogP contribution in [0.4, 0.5) is 5.69 Å². The number of hydrogen-bond acceptors (Lipinski definition) is 4. The minimum Gasteiger partial charge on any atom is -0.408 e. The Morgan fingerprint density at radius 1 is 1.50 bits per heavy atom. The molecule has 0 unspecified atom stereocenters. The fraction of sp³-hybridized carbons (Fsp3) is 0.111. The maximum Gasteiger partial charge on any atom is 0.419 e. The van der Waals surface area contributed by atoms with E-state index in [1.54, 1.807) is 19.2 Å². The van der Waals surface area contributed by atoms with E-state index in [1.165, 1.54) is 16.7 Å². The Balaban J connectivity index is 2.79. The van der Waals surface area contributed by atoms with Gasteiger partial charge in [-0.15, -0.1) is 0 Å². The lowest BCUT2D eigenvalue weighted by Crippen LogP contribution is -2.08. The molecule has 0 bridgehead atoms. The zero-order valence-corrected chi connectivity index (χ0v) is 7.35. The van der Waals surface area contributed by atoms with Crippen molar-refractivity contribution in [3.63, 3.8) is 0 Å². The van der Waals surface area contributed by atoms with E-state index in [0.29, 0.717) is 16.8 Å². The van der Waals surface area contributed by atoms with Crippen molar-refractivity contribution in [3.05, 3.63) is 28.7 Å². The number of fused-ring (bicyclic) bond motifs is 1. The maximum absolute atomic E-state index is 11.1. The molecule has 2 aromatic rings. The molecule has 0 spiro atoms. The molecule has 0 aliphatic rings. The Bertz CT molecular complexity index is 588. The molecule has 0 saturated heterocycles. The Morgan fingerprint density at radius 2 is 2.29 bits per heavy atom. The predicted molar refractivity (Wildman–Crippen MR) is 49.2 cm³/mol. The second kappa shape index (κ2) is 2.97. The number of nitrogens with zero attached hydrogens (tertiary/aromatic N) is 2. The molecule has 14 heavy (non-hydrogen) atoms. The number of oxazole rings is 1. The lowest BCUT2D eigenvalue weighted by atomic mass is 10.3. The summed E-state index contributed by atoms with van der Waals surface area (Å²) in [5.74, 6) is -0.438. The molecular formula is C9H6N2O3. The lowest BCUT2D eigenvalue weighted by molar-refractivity contribution is 0.528. The molecule has 0 aliphatic carbocycles. The van der Waals surface area contributed by atoms with Gasteiger partial charge in [-0.3, -0.25) is 4.57 Å². The average Bonchev–Trinajstić information content (AvgIpc) is 2.43. The first-order valence-corrected chi connectivity index (χ1v) is 3.90. The number of hydrogen-bond donors (Lipinski definition) is 0. The molecule has 5 nitrogen and oxygen atoms in total. The van der Waals surface area contributed by atoms with Gasteiger partial charge in [0.2, 0.25) is 6.08 Å². The highest BCUT2D eigenvalue weighted by Crippen LogP contribution is 2.19. The smallest absolute Gasteiger partial charge is 0.408 e. The fourth-order valence-electron chi connectivity index (χ4n) is 1.24. The second-order valence-electron chi connectivity index (χ2n) is 2.78. The summed E-state index contributed by atoms with van der Waals surface area (Å²) >= 11 is 0. The summed E-state index contributed by atoms with van der Waals surface area (Å²) in [6.07, 6.45) is 1.42. The SMILES string of the molecule is Cn1c(=O)oc2cc(N=C=O)ccc21. The minimum absolute atomic E-state index is 0.411. The van der Waals surface area contributed by atoms with Gasteiger partial charge in [0, 0.05) is 13.1 Å². The van der Waals surface area contributed by atoms with Crippen molar-refractivity contribution >= 4 is 22.9 Å². The van der Waals surface area contributed by atoms with Crippen molar-refractivity contribution in [3.8, 4) is 0 Å². The minimum atomic E-state index is -0.438. The second-order valence-corrected chi connectivity index (χ2v) is 2.78.